The molecule has 0 aliphatic carbocycles. The molecule has 0 radical (unpaired) electrons. The monoisotopic (exact) mass is 309 g/mol. The second-order valence-electron chi connectivity index (χ2n) is 5.11. The van der Waals surface area contributed by atoms with E-state index >= 15 is 0 Å². The number of rotatable bonds is 7. The lowest BCUT2D eigenvalue weighted by Crippen LogP contribution is -2.46. The molecule has 1 atom stereocenters. The van der Waals surface area contributed by atoms with Gasteiger partial charge in [0, 0.05) is 5.69 Å². The highest BCUT2D eigenvalue weighted by molar-refractivity contribution is 7.98. The van der Waals surface area contributed by atoms with Crippen LogP contribution < -0.4 is 16.4 Å². The smallest absolute Gasteiger partial charge is 0.312 e. The topological polar surface area (TPSA) is 84.2 Å². The molecule has 21 heavy (non-hydrogen) atoms. The van der Waals surface area contributed by atoms with Crippen molar-refractivity contribution in [2.24, 2.45) is 5.73 Å². The van der Waals surface area contributed by atoms with Gasteiger partial charge in [-0.1, -0.05) is 26.0 Å². The van der Waals surface area contributed by atoms with Crippen LogP contribution in [0.5, 0.6) is 0 Å². The minimum absolute atomic E-state index is 0.250. The van der Waals surface area contributed by atoms with E-state index in [9.17, 15) is 9.59 Å². The minimum Gasteiger partial charge on any atom is -0.352 e. The van der Waals surface area contributed by atoms with Crippen LogP contribution in [0.2, 0.25) is 0 Å². The number of anilines is 1. The van der Waals surface area contributed by atoms with E-state index in [1.165, 1.54) is 5.56 Å². The first-order valence-electron chi connectivity index (χ1n) is 6.89. The van der Waals surface area contributed by atoms with Crippen molar-refractivity contribution >= 4 is 29.4 Å². The third-order valence-electron chi connectivity index (χ3n) is 3.09. The van der Waals surface area contributed by atoms with Crippen molar-refractivity contribution in [2.75, 3.05) is 17.3 Å². The first kappa shape index (κ1) is 17.4. The van der Waals surface area contributed by atoms with Crippen LogP contribution in [-0.4, -0.2) is 30.0 Å². The molecule has 5 nitrogen and oxygen atoms in total. The maximum atomic E-state index is 12.2. The summed E-state index contributed by atoms with van der Waals surface area (Å²) in [7, 11) is 0. The van der Waals surface area contributed by atoms with Gasteiger partial charge in [-0.2, -0.15) is 11.8 Å². The third-order valence-corrected chi connectivity index (χ3v) is 3.73. The number of primary amides is 1. The van der Waals surface area contributed by atoms with Gasteiger partial charge in [0.15, 0.2) is 0 Å². The van der Waals surface area contributed by atoms with Crippen LogP contribution in [0.3, 0.4) is 0 Å². The van der Waals surface area contributed by atoms with Gasteiger partial charge < -0.3 is 16.4 Å². The molecule has 0 aliphatic heterocycles. The van der Waals surface area contributed by atoms with Crippen molar-refractivity contribution in [2.45, 2.75) is 32.2 Å². The van der Waals surface area contributed by atoms with Gasteiger partial charge in [-0.15, -0.1) is 0 Å². The van der Waals surface area contributed by atoms with Gasteiger partial charge in [-0.3, -0.25) is 4.79 Å². The zero-order valence-electron chi connectivity index (χ0n) is 12.7. The fourth-order valence-electron chi connectivity index (χ4n) is 1.86. The summed E-state index contributed by atoms with van der Waals surface area (Å²) in [5, 5.41) is 5.28. The van der Waals surface area contributed by atoms with Gasteiger partial charge in [0.05, 0.1) is 0 Å². The Morgan fingerprint density at radius 3 is 2.33 bits per heavy atom. The van der Waals surface area contributed by atoms with E-state index in [1.54, 1.807) is 11.8 Å². The number of carbonyl (C=O) groups is 2. The molecule has 0 saturated carbocycles. The Morgan fingerprint density at radius 1 is 1.24 bits per heavy atom. The Bertz CT molecular complexity index is 474. The van der Waals surface area contributed by atoms with Crippen LogP contribution in [0.15, 0.2) is 24.3 Å². The predicted octanol–water partition coefficient (Wildman–Crippen LogP) is 2.54. The second kappa shape index (κ2) is 8.56. The Hall–Kier alpha value is -1.69. The highest BCUT2D eigenvalue weighted by Gasteiger charge is 2.19. The number of nitrogens with one attached hydrogen (secondary N) is 2. The summed E-state index contributed by atoms with van der Waals surface area (Å²) in [6.45, 7) is 4.23. The number of hydrogen-bond donors (Lipinski definition) is 3. The van der Waals surface area contributed by atoms with Crippen molar-refractivity contribution < 1.29 is 9.59 Å². The number of hydrogen-bond acceptors (Lipinski definition) is 3. The van der Waals surface area contributed by atoms with Crippen molar-refractivity contribution in [1.82, 2.24) is 5.32 Å². The summed E-state index contributed by atoms with van der Waals surface area (Å²) in [5.41, 5.74) is 7.04. The summed E-state index contributed by atoms with van der Waals surface area (Å²) in [4.78, 5) is 23.2. The number of carbonyl (C=O) groups excluding carboxylic acids is 2. The lowest BCUT2D eigenvalue weighted by Gasteiger charge is -2.17. The maximum Gasteiger partial charge on any atom is 0.312 e. The summed E-state index contributed by atoms with van der Waals surface area (Å²) < 4.78 is 0. The standard InChI is InChI=1S/C15H23N3O2S/c1-10(2)11-4-6-12(7-5-11)17-14(19)13(8-9-21-3)18-15(16)20/h4-7,10,13H,8-9H2,1-3H3,(H,17,19)(H3,16,18,20). The van der Waals surface area contributed by atoms with E-state index < -0.39 is 12.1 Å². The zero-order valence-corrected chi connectivity index (χ0v) is 13.5. The Balaban J connectivity index is 2.68. The third kappa shape index (κ3) is 6.08. The van der Waals surface area contributed by atoms with Crippen molar-refractivity contribution in [3.05, 3.63) is 29.8 Å². The van der Waals surface area contributed by atoms with E-state index in [2.05, 4.69) is 24.5 Å². The van der Waals surface area contributed by atoms with Crippen LogP contribution in [-0.2, 0) is 4.79 Å². The van der Waals surface area contributed by atoms with Gasteiger partial charge >= 0.3 is 6.03 Å². The number of urea groups is 1. The second-order valence-corrected chi connectivity index (χ2v) is 6.09. The molecule has 116 valence electrons. The molecular formula is C15H23N3O2S. The van der Waals surface area contributed by atoms with Gasteiger partial charge in [0.25, 0.3) is 0 Å². The molecule has 0 aliphatic rings. The maximum absolute atomic E-state index is 12.2. The van der Waals surface area contributed by atoms with Crippen LogP contribution >= 0.6 is 11.8 Å². The molecule has 1 aromatic carbocycles. The van der Waals surface area contributed by atoms with Gasteiger partial charge in [0.2, 0.25) is 5.91 Å². The minimum atomic E-state index is -0.689. The van der Waals surface area contributed by atoms with E-state index in [0.29, 0.717) is 18.0 Å². The summed E-state index contributed by atoms with van der Waals surface area (Å²) in [6, 6.07) is 6.40. The average molecular weight is 309 g/mol. The van der Waals surface area contributed by atoms with E-state index in [-0.39, 0.29) is 5.91 Å². The average Bonchev–Trinajstić information content (AvgIpc) is 2.43. The van der Waals surface area contributed by atoms with Crippen molar-refractivity contribution in [1.29, 1.82) is 0 Å². The molecule has 0 fully saturated rings. The Morgan fingerprint density at radius 2 is 1.86 bits per heavy atom. The molecular weight excluding hydrogens is 286 g/mol. The number of amides is 3. The summed E-state index contributed by atoms with van der Waals surface area (Å²) in [5.74, 6) is 0.964. The zero-order chi connectivity index (χ0) is 15.8. The van der Waals surface area contributed by atoms with Crippen LogP contribution in [0.25, 0.3) is 0 Å². The lowest BCUT2D eigenvalue weighted by molar-refractivity contribution is -0.117. The largest absolute Gasteiger partial charge is 0.352 e. The molecule has 0 heterocycles. The van der Waals surface area contributed by atoms with Gasteiger partial charge in [-0.05, 0) is 42.0 Å². The summed E-state index contributed by atoms with van der Waals surface area (Å²) in [6.07, 6.45) is 2.49. The first-order valence-corrected chi connectivity index (χ1v) is 8.29. The molecule has 1 unspecified atom stereocenters. The normalized spacial score (nSPS) is 12.0. The van der Waals surface area contributed by atoms with Crippen LogP contribution in [0, 0.1) is 0 Å². The molecule has 0 saturated heterocycles. The summed E-state index contributed by atoms with van der Waals surface area (Å²) >= 11 is 1.61. The molecule has 1 aromatic rings. The van der Waals surface area contributed by atoms with Crippen LogP contribution in [0.1, 0.15) is 31.7 Å². The van der Waals surface area contributed by atoms with Gasteiger partial charge in [0.1, 0.15) is 6.04 Å². The quantitative estimate of drug-likeness (QED) is 0.723. The molecule has 0 aromatic heterocycles. The van der Waals surface area contributed by atoms with E-state index in [0.717, 1.165) is 5.75 Å². The molecule has 0 bridgehead atoms. The predicted molar refractivity (Wildman–Crippen MR) is 88.7 cm³/mol. The highest BCUT2D eigenvalue weighted by Crippen LogP contribution is 2.17. The SMILES string of the molecule is CSCCC(NC(N)=O)C(=O)Nc1ccc(C(C)C)cc1. The highest BCUT2D eigenvalue weighted by atomic mass is 32.2. The number of thioether (sulfide) groups is 1. The lowest BCUT2D eigenvalue weighted by atomic mass is 10.0. The molecule has 1 rings (SSSR count). The Kier molecular flexibility index (Phi) is 7.08. The number of nitrogens with two attached hydrogens (primary N) is 1. The molecule has 3 amide bonds. The number of benzene rings is 1. The first-order chi connectivity index (χ1) is 9.93. The fourth-order valence-corrected chi connectivity index (χ4v) is 2.33. The fraction of sp³-hybridized carbons (Fsp3) is 0.467. The van der Waals surface area contributed by atoms with Crippen molar-refractivity contribution in [3.63, 3.8) is 0 Å². The van der Waals surface area contributed by atoms with Crippen molar-refractivity contribution in [3.8, 4) is 0 Å². The molecule has 4 N–H and O–H groups in total. The molecule has 6 heteroatoms. The van der Waals surface area contributed by atoms with E-state index in [1.807, 2.05) is 30.5 Å². The van der Waals surface area contributed by atoms with Crippen LogP contribution in [0.4, 0.5) is 10.5 Å². The molecule has 0 spiro atoms. The van der Waals surface area contributed by atoms with Gasteiger partial charge in [-0.25, -0.2) is 4.79 Å². The van der Waals surface area contributed by atoms with E-state index in [4.69, 9.17) is 5.73 Å². The Labute approximate surface area is 130 Å².